The Morgan fingerprint density at radius 2 is 2.00 bits per heavy atom. The minimum absolute atomic E-state index is 0.385. The number of benzene rings is 1. The Bertz CT molecular complexity index is 279. The van der Waals surface area contributed by atoms with E-state index in [2.05, 4.69) is 6.07 Å². The van der Waals surface area contributed by atoms with E-state index in [0.717, 1.165) is 6.54 Å². The standard InChI is InChI=1S/C11H15NO/c13-11-5-3-4-10(8-11)9-12-6-1-2-7-12/h3-5,8,13H,1-2,6-7,9H2/p+1. The van der Waals surface area contributed by atoms with Crippen molar-refractivity contribution in [2.24, 2.45) is 0 Å². The first-order valence-corrected chi connectivity index (χ1v) is 4.96. The summed E-state index contributed by atoms with van der Waals surface area (Å²) >= 11 is 0. The van der Waals surface area contributed by atoms with Crippen LogP contribution in [0, 0.1) is 0 Å². The molecule has 0 aromatic heterocycles. The lowest BCUT2D eigenvalue weighted by Crippen LogP contribution is -3.08. The molecule has 2 nitrogen and oxygen atoms in total. The van der Waals surface area contributed by atoms with Gasteiger partial charge in [0.2, 0.25) is 0 Å². The molecule has 70 valence electrons. The summed E-state index contributed by atoms with van der Waals surface area (Å²) in [6.45, 7) is 3.64. The van der Waals surface area contributed by atoms with Gasteiger partial charge in [-0.25, -0.2) is 0 Å². The number of quaternary nitrogens is 1. The monoisotopic (exact) mass is 178 g/mol. The van der Waals surface area contributed by atoms with Crippen LogP contribution in [0.2, 0.25) is 0 Å². The summed E-state index contributed by atoms with van der Waals surface area (Å²) in [6.07, 6.45) is 2.71. The van der Waals surface area contributed by atoms with Crippen molar-refractivity contribution in [2.45, 2.75) is 19.4 Å². The lowest BCUT2D eigenvalue weighted by molar-refractivity contribution is -0.901. The number of aromatic hydroxyl groups is 1. The van der Waals surface area contributed by atoms with Crippen LogP contribution in [-0.2, 0) is 6.54 Å². The number of hydrogen-bond acceptors (Lipinski definition) is 1. The zero-order chi connectivity index (χ0) is 9.10. The van der Waals surface area contributed by atoms with Crippen LogP contribution in [0.25, 0.3) is 0 Å². The van der Waals surface area contributed by atoms with Gasteiger partial charge in [0.05, 0.1) is 13.1 Å². The van der Waals surface area contributed by atoms with Gasteiger partial charge in [0.15, 0.2) is 0 Å². The van der Waals surface area contributed by atoms with Crippen LogP contribution in [0.3, 0.4) is 0 Å². The normalized spacial score (nSPS) is 17.8. The maximum atomic E-state index is 9.28. The summed E-state index contributed by atoms with van der Waals surface area (Å²) in [7, 11) is 0. The van der Waals surface area contributed by atoms with E-state index >= 15 is 0 Å². The van der Waals surface area contributed by atoms with Crippen LogP contribution in [0.15, 0.2) is 24.3 Å². The van der Waals surface area contributed by atoms with Crippen LogP contribution in [0.1, 0.15) is 18.4 Å². The van der Waals surface area contributed by atoms with Gasteiger partial charge in [-0.2, -0.15) is 0 Å². The van der Waals surface area contributed by atoms with Crippen molar-refractivity contribution in [1.29, 1.82) is 0 Å². The Labute approximate surface area is 78.8 Å². The number of likely N-dealkylation sites (tertiary alicyclic amines) is 1. The molecule has 1 saturated heterocycles. The van der Waals surface area contributed by atoms with Crippen LogP contribution >= 0.6 is 0 Å². The summed E-state index contributed by atoms with van der Waals surface area (Å²) in [5.41, 5.74) is 1.25. The van der Waals surface area contributed by atoms with Crippen molar-refractivity contribution in [3.05, 3.63) is 29.8 Å². The Morgan fingerprint density at radius 3 is 2.69 bits per heavy atom. The molecule has 2 heteroatoms. The zero-order valence-corrected chi connectivity index (χ0v) is 7.79. The van der Waals surface area contributed by atoms with Crippen molar-refractivity contribution in [1.82, 2.24) is 0 Å². The highest BCUT2D eigenvalue weighted by atomic mass is 16.3. The van der Waals surface area contributed by atoms with Gasteiger partial charge >= 0.3 is 0 Å². The summed E-state index contributed by atoms with van der Waals surface area (Å²) in [6, 6.07) is 7.60. The van der Waals surface area contributed by atoms with E-state index in [9.17, 15) is 5.11 Å². The fourth-order valence-corrected chi connectivity index (χ4v) is 2.01. The second-order valence-electron chi connectivity index (χ2n) is 3.80. The predicted octanol–water partition coefficient (Wildman–Crippen LogP) is 0.571. The third-order valence-electron chi connectivity index (χ3n) is 2.68. The molecule has 13 heavy (non-hydrogen) atoms. The first-order chi connectivity index (χ1) is 6.34. The van der Waals surface area contributed by atoms with Gasteiger partial charge in [-0.05, 0) is 12.1 Å². The molecule has 0 unspecified atom stereocenters. The van der Waals surface area contributed by atoms with E-state index in [1.165, 1.54) is 31.5 Å². The second kappa shape index (κ2) is 3.79. The van der Waals surface area contributed by atoms with Gasteiger partial charge in [0.1, 0.15) is 12.3 Å². The van der Waals surface area contributed by atoms with Gasteiger partial charge in [-0.15, -0.1) is 0 Å². The average Bonchev–Trinajstić information content (AvgIpc) is 2.57. The van der Waals surface area contributed by atoms with Crippen LogP contribution < -0.4 is 4.90 Å². The molecular formula is C11H16NO+. The summed E-state index contributed by atoms with van der Waals surface area (Å²) in [5.74, 6) is 0.385. The molecule has 1 aromatic rings. The Morgan fingerprint density at radius 1 is 1.23 bits per heavy atom. The summed E-state index contributed by atoms with van der Waals surface area (Å²) in [4.78, 5) is 1.64. The Kier molecular flexibility index (Phi) is 2.50. The molecule has 0 radical (unpaired) electrons. The molecule has 0 atom stereocenters. The summed E-state index contributed by atoms with van der Waals surface area (Å²) in [5, 5.41) is 9.28. The maximum absolute atomic E-state index is 9.28. The number of hydrogen-bond donors (Lipinski definition) is 2. The minimum atomic E-state index is 0.385. The van der Waals surface area contributed by atoms with Crippen LogP contribution in [0.4, 0.5) is 0 Å². The van der Waals surface area contributed by atoms with Crippen molar-refractivity contribution < 1.29 is 10.0 Å². The van der Waals surface area contributed by atoms with Gasteiger partial charge in [0, 0.05) is 18.4 Å². The molecular weight excluding hydrogens is 162 g/mol. The van der Waals surface area contributed by atoms with Gasteiger partial charge in [0.25, 0.3) is 0 Å². The molecule has 0 aliphatic carbocycles. The molecule has 0 amide bonds. The smallest absolute Gasteiger partial charge is 0.116 e. The minimum Gasteiger partial charge on any atom is -0.508 e. The highest BCUT2D eigenvalue weighted by Crippen LogP contribution is 2.09. The first kappa shape index (κ1) is 8.57. The van der Waals surface area contributed by atoms with E-state index in [4.69, 9.17) is 0 Å². The van der Waals surface area contributed by atoms with Crippen molar-refractivity contribution in [3.8, 4) is 5.75 Å². The number of phenols is 1. The molecule has 0 spiro atoms. The van der Waals surface area contributed by atoms with Crippen molar-refractivity contribution >= 4 is 0 Å². The van der Waals surface area contributed by atoms with E-state index in [1.54, 1.807) is 11.0 Å². The molecule has 1 aliphatic heterocycles. The van der Waals surface area contributed by atoms with Crippen LogP contribution in [-0.4, -0.2) is 18.2 Å². The number of nitrogens with one attached hydrogen (secondary N) is 1. The molecule has 1 fully saturated rings. The van der Waals surface area contributed by atoms with E-state index in [-0.39, 0.29) is 0 Å². The highest BCUT2D eigenvalue weighted by Gasteiger charge is 2.15. The fourth-order valence-electron chi connectivity index (χ4n) is 2.01. The van der Waals surface area contributed by atoms with Crippen LogP contribution in [0.5, 0.6) is 5.75 Å². The van der Waals surface area contributed by atoms with Gasteiger partial charge < -0.3 is 10.0 Å². The quantitative estimate of drug-likeness (QED) is 0.680. The lowest BCUT2D eigenvalue weighted by Gasteiger charge is -2.11. The largest absolute Gasteiger partial charge is 0.508 e. The van der Waals surface area contributed by atoms with Crippen molar-refractivity contribution in [2.75, 3.05) is 13.1 Å². The first-order valence-electron chi connectivity index (χ1n) is 4.96. The fraction of sp³-hybridized carbons (Fsp3) is 0.455. The topological polar surface area (TPSA) is 24.7 Å². The third kappa shape index (κ3) is 2.22. The Balaban J connectivity index is 2.00. The molecule has 2 N–H and O–H groups in total. The molecule has 0 saturated carbocycles. The van der Waals surface area contributed by atoms with Gasteiger partial charge in [-0.3, -0.25) is 0 Å². The molecule has 1 heterocycles. The molecule has 2 rings (SSSR count). The van der Waals surface area contributed by atoms with E-state index in [0.29, 0.717) is 5.75 Å². The molecule has 1 aliphatic rings. The maximum Gasteiger partial charge on any atom is 0.116 e. The number of rotatable bonds is 2. The SMILES string of the molecule is Oc1cccc(C[NH+]2CCCC2)c1. The Hall–Kier alpha value is -1.02. The van der Waals surface area contributed by atoms with E-state index in [1.807, 2.05) is 12.1 Å². The highest BCUT2D eigenvalue weighted by molar-refractivity contribution is 5.26. The predicted molar refractivity (Wildman–Crippen MR) is 51.7 cm³/mol. The van der Waals surface area contributed by atoms with E-state index < -0.39 is 0 Å². The number of phenolic OH excluding ortho intramolecular Hbond substituents is 1. The molecule has 1 aromatic carbocycles. The second-order valence-corrected chi connectivity index (χ2v) is 3.80. The van der Waals surface area contributed by atoms with Crippen molar-refractivity contribution in [3.63, 3.8) is 0 Å². The lowest BCUT2D eigenvalue weighted by atomic mass is 10.2. The van der Waals surface area contributed by atoms with Gasteiger partial charge in [-0.1, -0.05) is 12.1 Å². The third-order valence-corrected chi connectivity index (χ3v) is 2.68. The summed E-state index contributed by atoms with van der Waals surface area (Å²) < 4.78 is 0. The zero-order valence-electron chi connectivity index (χ0n) is 7.79. The molecule has 0 bridgehead atoms. The average molecular weight is 178 g/mol.